The van der Waals surface area contributed by atoms with E-state index in [0.717, 1.165) is 5.69 Å². The molecular formula is C20H23F2N3. The van der Waals surface area contributed by atoms with Crippen LogP contribution < -0.4 is 5.32 Å². The summed E-state index contributed by atoms with van der Waals surface area (Å²) >= 11 is 0. The predicted octanol–water partition coefficient (Wildman–Crippen LogP) is 4.23. The van der Waals surface area contributed by atoms with Crippen molar-refractivity contribution >= 4 is 5.69 Å². The minimum absolute atomic E-state index is 0.200. The molecule has 0 unspecified atom stereocenters. The number of hydrogen-bond acceptors (Lipinski definition) is 3. The standard InChI is InChI=1S/C20H23F2N3/c1-12-3-5-16(19(22)18(12)21)17-6-4-15(11-23-17)24-20-13(2)25-9-7-14(20)8-10-25/h3-6,11,13-14,20,24H,7-10H2,1-2H3/t13-,20+/m1/s1. The van der Waals surface area contributed by atoms with Crippen molar-refractivity contribution in [2.24, 2.45) is 5.92 Å². The average molecular weight is 343 g/mol. The molecule has 3 aliphatic rings. The van der Waals surface area contributed by atoms with Gasteiger partial charge in [0.2, 0.25) is 0 Å². The lowest BCUT2D eigenvalue weighted by atomic mass is 9.79. The van der Waals surface area contributed by atoms with E-state index in [1.54, 1.807) is 31.3 Å². The maximum absolute atomic E-state index is 14.1. The molecule has 1 N–H and O–H groups in total. The summed E-state index contributed by atoms with van der Waals surface area (Å²) in [6, 6.07) is 7.75. The Morgan fingerprint density at radius 2 is 1.84 bits per heavy atom. The summed E-state index contributed by atoms with van der Waals surface area (Å²) in [6.07, 6.45) is 4.19. The second-order valence-electron chi connectivity index (χ2n) is 7.27. The molecule has 1 aromatic carbocycles. The number of halogens is 2. The van der Waals surface area contributed by atoms with Crippen molar-refractivity contribution in [1.82, 2.24) is 9.88 Å². The van der Waals surface area contributed by atoms with Gasteiger partial charge in [0.1, 0.15) is 0 Å². The average Bonchev–Trinajstić information content (AvgIpc) is 2.64. The number of hydrogen-bond donors (Lipinski definition) is 1. The van der Waals surface area contributed by atoms with Crippen LogP contribution in [0.25, 0.3) is 11.3 Å². The summed E-state index contributed by atoms with van der Waals surface area (Å²) in [5, 5.41) is 3.60. The molecule has 132 valence electrons. The van der Waals surface area contributed by atoms with Gasteiger partial charge in [-0.3, -0.25) is 9.88 Å². The Balaban J connectivity index is 1.54. The summed E-state index contributed by atoms with van der Waals surface area (Å²) < 4.78 is 27.9. The van der Waals surface area contributed by atoms with Gasteiger partial charge in [0.05, 0.1) is 17.6 Å². The number of nitrogens with zero attached hydrogens (tertiary/aromatic N) is 2. The van der Waals surface area contributed by atoms with Crippen molar-refractivity contribution in [2.75, 3.05) is 18.4 Å². The van der Waals surface area contributed by atoms with E-state index in [4.69, 9.17) is 0 Å². The lowest BCUT2D eigenvalue weighted by Crippen LogP contribution is -2.59. The lowest BCUT2D eigenvalue weighted by Gasteiger charge is -2.50. The fourth-order valence-electron chi connectivity index (χ4n) is 4.22. The van der Waals surface area contributed by atoms with E-state index in [1.165, 1.54) is 25.9 Å². The number of pyridine rings is 1. The predicted molar refractivity (Wildman–Crippen MR) is 95.5 cm³/mol. The lowest BCUT2D eigenvalue weighted by molar-refractivity contribution is 0.0458. The monoisotopic (exact) mass is 343 g/mol. The Bertz CT molecular complexity index is 765. The molecule has 1 aromatic heterocycles. The third-order valence-corrected chi connectivity index (χ3v) is 5.83. The molecule has 0 saturated carbocycles. The minimum atomic E-state index is -0.834. The van der Waals surface area contributed by atoms with Crippen LogP contribution in [0.4, 0.5) is 14.5 Å². The van der Waals surface area contributed by atoms with E-state index < -0.39 is 11.6 Å². The molecule has 3 saturated heterocycles. The van der Waals surface area contributed by atoms with Crippen LogP contribution in [0.2, 0.25) is 0 Å². The molecule has 25 heavy (non-hydrogen) atoms. The Labute approximate surface area is 147 Å². The molecule has 5 heteroatoms. The first-order valence-corrected chi connectivity index (χ1v) is 8.96. The number of aryl methyl sites for hydroxylation is 1. The third-order valence-electron chi connectivity index (χ3n) is 5.83. The van der Waals surface area contributed by atoms with Gasteiger partial charge in [0.15, 0.2) is 11.6 Å². The van der Waals surface area contributed by atoms with Crippen molar-refractivity contribution in [3.63, 3.8) is 0 Å². The van der Waals surface area contributed by atoms with Crippen LogP contribution in [0.15, 0.2) is 30.5 Å². The minimum Gasteiger partial charge on any atom is -0.379 e. The van der Waals surface area contributed by atoms with Crippen LogP contribution in [-0.2, 0) is 0 Å². The van der Waals surface area contributed by atoms with Crippen molar-refractivity contribution in [2.45, 2.75) is 38.8 Å². The van der Waals surface area contributed by atoms with Gasteiger partial charge in [-0.25, -0.2) is 8.78 Å². The van der Waals surface area contributed by atoms with Gasteiger partial charge in [-0.05, 0) is 69.5 Å². The van der Waals surface area contributed by atoms with Gasteiger partial charge in [-0.1, -0.05) is 6.07 Å². The second-order valence-corrected chi connectivity index (χ2v) is 7.27. The Morgan fingerprint density at radius 3 is 2.48 bits per heavy atom. The first-order valence-electron chi connectivity index (χ1n) is 8.96. The van der Waals surface area contributed by atoms with Crippen molar-refractivity contribution in [3.05, 3.63) is 47.7 Å². The molecule has 2 bridgehead atoms. The molecular weight excluding hydrogens is 320 g/mol. The Kier molecular flexibility index (Phi) is 4.20. The van der Waals surface area contributed by atoms with Gasteiger partial charge >= 0.3 is 0 Å². The van der Waals surface area contributed by atoms with Crippen molar-refractivity contribution < 1.29 is 8.78 Å². The zero-order valence-corrected chi connectivity index (χ0v) is 14.6. The fraction of sp³-hybridized carbons (Fsp3) is 0.450. The van der Waals surface area contributed by atoms with Crippen LogP contribution in [0.5, 0.6) is 0 Å². The topological polar surface area (TPSA) is 28.2 Å². The van der Waals surface area contributed by atoms with Gasteiger partial charge < -0.3 is 5.32 Å². The van der Waals surface area contributed by atoms with Gasteiger partial charge in [-0.15, -0.1) is 0 Å². The Hall–Kier alpha value is -2.01. The summed E-state index contributed by atoms with van der Waals surface area (Å²) in [5.74, 6) is -0.940. The molecule has 3 nitrogen and oxygen atoms in total. The molecule has 0 amide bonds. The van der Waals surface area contributed by atoms with Crippen molar-refractivity contribution in [3.8, 4) is 11.3 Å². The molecule has 0 spiro atoms. The molecule has 0 aliphatic carbocycles. The van der Waals surface area contributed by atoms with Gasteiger partial charge in [-0.2, -0.15) is 0 Å². The summed E-state index contributed by atoms with van der Waals surface area (Å²) in [5.41, 5.74) is 1.88. The molecule has 4 heterocycles. The number of fused-ring (bicyclic) bond motifs is 3. The maximum Gasteiger partial charge on any atom is 0.168 e. The SMILES string of the molecule is Cc1ccc(-c2ccc(N[C@@H]3C4CCN(CC4)[C@@H]3C)cn2)c(F)c1F. The number of rotatable bonds is 3. The van der Waals surface area contributed by atoms with E-state index in [9.17, 15) is 8.78 Å². The molecule has 3 fully saturated rings. The van der Waals surface area contributed by atoms with E-state index >= 15 is 0 Å². The highest BCUT2D eigenvalue weighted by Crippen LogP contribution is 2.34. The van der Waals surface area contributed by atoms with Crippen LogP contribution in [0, 0.1) is 24.5 Å². The van der Waals surface area contributed by atoms with Gasteiger partial charge in [0, 0.05) is 17.6 Å². The van der Waals surface area contributed by atoms with E-state index in [1.807, 2.05) is 6.07 Å². The maximum atomic E-state index is 14.1. The molecule has 3 aliphatic heterocycles. The van der Waals surface area contributed by atoms with E-state index in [2.05, 4.69) is 22.1 Å². The second kappa shape index (κ2) is 6.37. The van der Waals surface area contributed by atoms with Crippen LogP contribution in [0.1, 0.15) is 25.3 Å². The zero-order chi connectivity index (χ0) is 17.6. The van der Waals surface area contributed by atoms with Crippen molar-refractivity contribution in [1.29, 1.82) is 0 Å². The largest absolute Gasteiger partial charge is 0.379 e. The highest BCUT2D eigenvalue weighted by molar-refractivity contribution is 5.62. The molecule has 5 rings (SSSR count). The number of piperidine rings is 3. The number of benzene rings is 1. The van der Waals surface area contributed by atoms with Gasteiger partial charge in [0.25, 0.3) is 0 Å². The van der Waals surface area contributed by atoms with Crippen LogP contribution in [-0.4, -0.2) is 35.1 Å². The summed E-state index contributed by atoms with van der Waals surface area (Å²) in [6.45, 7) is 6.21. The van der Waals surface area contributed by atoms with Crippen LogP contribution in [0.3, 0.4) is 0 Å². The Morgan fingerprint density at radius 1 is 1.08 bits per heavy atom. The normalized spacial score (nSPS) is 28.2. The smallest absolute Gasteiger partial charge is 0.168 e. The van der Waals surface area contributed by atoms with E-state index in [-0.39, 0.29) is 5.56 Å². The molecule has 2 aromatic rings. The number of aromatic nitrogens is 1. The highest BCUT2D eigenvalue weighted by Gasteiger charge is 2.39. The first kappa shape index (κ1) is 16.5. The fourth-order valence-corrected chi connectivity index (χ4v) is 4.22. The number of anilines is 1. The zero-order valence-electron chi connectivity index (χ0n) is 14.6. The first-order chi connectivity index (χ1) is 12.0. The quantitative estimate of drug-likeness (QED) is 0.904. The van der Waals surface area contributed by atoms with Crippen LogP contribution >= 0.6 is 0 Å². The molecule has 2 atom stereocenters. The summed E-state index contributed by atoms with van der Waals surface area (Å²) in [7, 11) is 0. The summed E-state index contributed by atoms with van der Waals surface area (Å²) in [4.78, 5) is 6.88. The highest BCUT2D eigenvalue weighted by atomic mass is 19.2. The number of nitrogens with one attached hydrogen (secondary N) is 1. The van der Waals surface area contributed by atoms with E-state index in [0.29, 0.717) is 29.3 Å². The molecule has 0 radical (unpaired) electrons. The third kappa shape index (κ3) is 2.91.